The maximum atomic E-state index is 13.1. The molecule has 0 radical (unpaired) electrons. The maximum absolute atomic E-state index is 13.1. The van der Waals surface area contributed by atoms with Crippen molar-refractivity contribution in [2.45, 2.75) is 32.7 Å². The lowest BCUT2D eigenvalue weighted by atomic mass is 10.0. The van der Waals surface area contributed by atoms with Gasteiger partial charge < -0.3 is 18.9 Å². The summed E-state index contributed by atoms with van der Waals surface area (Å²) in [6.07, 6.45) is 3.77. The molecule has 0 bridgehead atoms. The predicted octanol–water partition coefficient (Wildman–Crippen LogP) is 3.52. The minimum atomic E-state index is -0.0306. The molecule has 2 aliphatic rings. The van der Waals surface area contributed by atoms with Gasteiger partial charge in [0.05, 0.1) is 18.2 Å². The molecule has 0 aliphatic carbocycles. The zero-order valence-electron chi connectivity index (χ0n) is 15.0. The first-order valence-electron chi connectivity index (χ1n) is 9.00. The van der Waals surface area contributed by atoms with E-state index in [-0.39, 0.29) is 18.6 Å². The van der Waals surface area contributed by atoms with Crippen LogP contribution in [-0.2, 0) is 4.79 Å². The summed E-state index contributed by atoms with van der Waals surface area (Å²) in [6, 6.07) is 7.61. The number of aryl methyl sites for hydroxylation is 1. The highest BCUT2D eigenvalue weighted by molar-refractivity contribution is 5.99. The third-order valence-electron chi connectivity index (χ3n) is 4.79. The molecule has 0 unspecified atom stereocenters. The number of nitrogens with zero attached hydrogens (tertiary/aromatic N) is 2. The fourth-order valence-corrected chi connectivity index (χ4v) is 3.62. The van der Waals surface area contributed by atoms with E-state index in [1.807, 2.05) is 49.1 Å². The average molecular weight is 354 g/mol. The summed E-state index contributed by atoms with van der Waals surface area (Å²) in [6.45, 7) is 5.34. The van der Waals surface area contributed by atoms with Gasteiger partial charge in [-0.1, -0.05) is 17.3 Å². The molecule has 1 amide bonds. The monoisotopic (exact) mass is 354 g/mol. The first kappa shape index (κ1) is 16.7. The van der Waals surface area contributed by atoms with Crippen LogP contribution in [0.15, 0.2) is 34.4 Å². The van der Waals surface area contributed by atoms with E-state index < -0.39 is 0 Å². The van der Waals surface area contributed by atoms with Gasteiger partial charge >= 0.3 is 0 Å². The number of likely N-dealkylation sites (tertiary alicyclic amines) is 1. The zero-order chi connectivity index (χ0) is 18.1. The first-order chi connectivity index (χ1) is 12.7. The van der Waals surface area contributed by atoms with Crippen molar-refractivity contribution in [1.29, 1.82) is 0 Å². The van der Waals surface area contributed by atoms with Gasteiger partial charge in [0, 0.05) is 18.2 Å². The molecule has 2 aliphatic heterocycles. The summed E-state index contributed by atoms with van der Waals surface area (Å²) in [5.74, 6) is 2.18. The van der Waals surface area contributed by atoms with Crippen molar-refractivity contribution in [3.8, 4) is 11.5 Å². The van der Waals surface area contributed by atoms with Gasteiger partial charge in [-0.2, -0.15) is 0 Å². The molecular formula is C20H22N2O4. The van der Waals surface area contributed by atoms with Gasteiger partial charge in [-0.05, 0) is 38.8 Å². The van der Waals surface area contributed by atoms with Crippen molar-refractivity contribution in [3.63, 3.8) is 0 Å². The minimum absolute atomic E-state index is 0.000570. The van der Waals surface area contributed by atoms with Crippen LogP contribution in [0.2, 0.25) is 0 Å². The molecule has 0 N–H and O–H groups in total. The topological polar surface area (TPSA) is 64.8 Å². The lowest BCUT2D eigenvalue weighted by Crippen LogP contribution is -2.34. The second-order valence-corrected chi connectivity index (χ2v) is 6.58. The normalized spacial score (nSPS) is 18.9. The molecule has 1 saturated heterocycles. The van der Waals surface area contributed by atoms with Gasteiger partial charge in [0.25, 0.3) is 5.91 Å². The molecular weight excluding hydrogens is 332 g/mol. The van der Waals surface area contributed by atoms with E-state index in [2.05, 4.69) is 5.16 Å². The van der Waals surface area contributed by atoms with E-state index in [9.17, 15) is 4.79 Å². The highest BCUT2D eigenvalue weighted by atomic mass is 16.5. The molecule has 1 aromatic carbocycles. The third kappa shape index (κ3) is 2.96. The van der Waals surface area contributed by atoms with E-state index in [4.69, 9.17) is 14.0 Å². The Bertz CT molecular complexity index is 855. The second kappa shape index (κ2) is 6.86. The predicted molar refractivity (Wildman–Crippen MR) is 96.0 cm³/mol. The Balaban J connectivity index is 1.59. The van der Waals surface area contributed by atoms with E-state index in [0.717, 1.165) is 36.4 Å². The standard InChI is InChI=1S/C20H22N2O4/c1-3-24-18-8-4-6-14-11-15(12-25-19(14)18)20(23)22-9-5-7-17(22)16-10-13(2)26-21-16/h4,6,8,10-11,17H,3,5,7,9,12H2,1-2H3/t17-/m0/s1. The lowest BCUT2D eigenvalue weighted by molar-refractivity contribution is -0.128. The minimum Gasteiger partial charge on any atom is -0.490 e. The average Bonchev–Trinajstić information content (AvgIpc) is 3.30. The quantitative estimate of drug-likeness (QED) is 0.840. The number of hydrogen-bond acceptors (Lipinski definition) is 5. The van der Waals surface area contributed by atoms with Crippen molar-refractivity contribution in [2.75, 3.05) is 19.8 Å². The first-order valence-corrected chi connectivity index (χ1v) is 9.00. The fraction of sp³-hybridized carbons (Fsp3) is 0.400. The Morgan fingerprint density at radius 1 is 1.42 bits per heavy atom. The van der Waals surface area contributed by atoms with E-state index in [1.54, 1.807) is 0 Å². The number of ether oxygens (including phenoxy) is 2. The molecule has 1 atom stereocenters. The van der Waals surface area contributed by atoms with Gasteiger partial charge in [-0.25, -0.2) is 0 Å². The summed E-state index contributed by atoms with van der Waals surface area (Å²) >= 11 is 0. The largest absolute Gasteiger partial charge is 0.490 e. The molecule has 3 heterocycles. The van der Waals surface area contributed by atoms with Crippen LogP contribution in [0.3, 0.4) is 0 Å². The van der Waals surface area contributed by atoms with Crippen LogP contribution in [0.5, 0.6) is 11.5 Å². The van der Waals surface area contributed by atoms with Crippen LogP contribution in [0.1, 0.15) is 42.8 Å². The Morgan fingerprint density at radius 3 is 3.08 bits per heavy atom. The number of benzene rings is 1. The van der Waals surface area contributed by atoms with E-state index in [1.165, 1.54) is 0 Å². The van der Waals surface area contributed by atoms with Crippen LogP contribution in [0.4, 0.5) is 0 Å². The van der Waals surface area contributed by atoms with Crippen molar-refractivity contribution in [3.05, 3.63) is 46.9 Å². The summed E-state index contributed by atoms with van der Waals surface area (Å²) in [5.41, 5.74) is 2.35. The van der Waals surface area contributed by atoms with Crippen LogP contribution < -0.4 is 9.47 Å². The van der Waals surface area contributed by atoms with Crippen molar-refractivity contribution in [2.24, 2.45) is 0 Å². The molecule has 6 nitrogen and oxygen atoms in total. The number of para-hydroxylation sites is 1. The summed E-state index contributed by atoms with van der Waals surface area (Å²) in [5, 5.41) is 4.11. The molecule has 0 spiro atoms. The van der Waals surface area contributed by atoms with Gasteiger partial charge in [0.2, 0.25) is 0 Å². The Morgan fingerprint density at radius 2 is 2.31 bits per heavy atom. The third-order valence-corrected chi connectivity index (χ3v) is 4.79. The molecule has 26 heavy (non-hydrogen) atoms. The van der Waals surface area contributed by atoms with Gasteiger partial charge in [-0.3, -0.25) is 4.79 Å². The molecule has 2 aromatic rings. The van der Waals surface area contributed by atoms with Gasteiger partial charge in [-0.15, -0.1) is 0 Å². The maximum Gasteiger partial charge on any atom is 0.253 e. The van der Waals surface area contributed by atoms with Crippen LogP contribution in [0, 0.1) is 6.92 Å². The Labute approximate surface area is 152 Å². The second-order valence-electron chi connectivity index (χ2n) is 6.58. The van der Waals surface area contributed by atoms with Crippen molar-refractivity contribution >= 4 is 12.0 Å². The SMILES string of the molecule is CCOc1cccc2c1OCC(C(=O)N1CCC[C@H]1c1cc(C)on1)=C2. The van der Waals surface area contributed by atoms with Crippen LogP contribution in [-0.4, -0.2) is 35.7 Å². The van der Waals surface area contributed by atoms with Crippen molar-refractivity contribution in [1.82, 2.24) is 10.1 Å². The number of rotatable bonds is 4. The van der Waals surface area contributed by atoms with E-state index in [0.29, 0.717) is 23.7 Å². The number of carbonyl (C=O) groups is 1. The number of hydrogen-bond donors (Lipinski definition) is 0. The molecule has 136 valence electrons. The van der Waals surface area contributed by atoms with Crippen molar-refractivity contribution < 1.29 is 18.8 Å². The zero-order valence-corrected chi connectivity index (χ0v) is 15.0. The summed E-state index contributed by atoms with van der Waals surface area (Å²) < 4.78 is 16.7. The number of aromatic nitrogens is 1. The Hall–Kier alpha value is -2.76. The lowest BCUT2D eigenvalue weighted by Gasteiger charge is -2.26. The highest BCUT2D eigenvalue weighted by Gasteiger charge is 2.34. The summed E-state index contributed by atoms with van der Waals surface area (Å²) in [4.78, 5) is 15.0. The molecule has 4 rings (SSSR count). The molecule has 1 fully saturated rings. The Kier molecular flexibility index (Phi) is 4.41. The smallest absolute Gasteiger partial charge is 0.253 e. The molecule has 0 saturated carbocycles. The molecule has 1 aromatic heterocycles. The fourth-order valence-electron chi connectivity index (χ4n) is 3.62. The summed E-state index contributed by atoms with van der Waals surface area (Å²) in [7, 11) is 0. The van der Waals surface area contributed by atoms with E-state index >= 15 is 0 Å². The van der Waals surface area contributed by atoms with Gasteiger partial charge in [0.15, 0.2) is 11.5 Å². The van der Waals surface area contributed by atoms with Crippen LogP contribution >= 0.6 is 0 Å². The molecule has 6 heteroatoms. The van der Waals surface area contributed by atoms with Crippen LogP contribution in [0.25, 0.3) is 6.08 Å². The number of amides is 1. The highest BCUT2D eigenvalue weighted by Crippen LogP contribution is 2.38. The number of carbonyl (C=O) groups excluding carboxylic acids is 1. The van der Waals surface area contributed by atoms with Gasteiger partial charge in [0.1, 0.15) is 18.1 Å². The number of fused-ring (bicyclic) bond motifs is 1.